The van der Waals surface area contributed by atoms with Crippen molar-refractivity contribution in [2.24, 2.45) is 5.73 Å². The van der Waals surface area contributed by atoms with Crippen molar-refractivity contribution >= 4 is 0 Å². The molecule has 2 aromatic rings. The summed E-state index contributed by atoms with van der Waals surface area (Å²) in [5.41, 5.74) is 8.35. The van der Waals surface area contributed by atoms with E-state index < -0.39 is 0 Å². The Morgan fingerprint density at radius 2 is 2.11 bits per heavy atom. The van der Waals surface area contributed by atoms with Crippen LogP contribution in [0.5, 0.6) is 0 Å². The first kappa shape index (κ1) is 11.4. The molecule has 3 rings (SSSR count). The fraction of sp³-hybridized carbons (Fsp3) is 0.357. The molecule has 0 radical (unpaired) electrons. The van der Waals surface area contributed by atoms with Gasteiger partial charge in [0.2, 0.25) is 0 Å². The van der Waals surface area contributed by atoms with E-state index in [0.29, 0.717) is 6.04 Å². The Kier molecular flexibility index (Phi) is 3.13. The van der Waals surface area contributed by atoms with Gasteiger partial charge in [0, 0.05) is 38.1 Å². The minimum Gasteiger partial charge on any atom is -0.326 e. The van der Waals surface area contributed by atoms with Crippen LogP contribution < -0.4 is 5.73 Å². The Bertz CT molecular complexity index is 489. The van der Waals surface area contributed by atoms with Crippen LogP contribution in [0.25, 0.3) is 5.69 Å². The van der Waals surface area contributed by atoms with Gasteiger partial charge in [0.1, 0.15) is 0 Å². The first-order valence-electron chi connectivity index (χ1n) is 6.38. The molecule has 0 saturated carbocycles. The monoisotopic (exact) mass is 242 g/mol. The van der Waals surface area contributed by atoms with E-state index in [4.69, 9.17) is 5.73 Å². The van der Waals surface area contributed by atoms with Crippen LogP contribution in [0.4, 0.5) is 0 Å². The Hall–Kier alpha value is -1.65. The van der Waals surface area contributed by atoms with Gasteiger partial charge < -0.3 is 5.73 Å². The second-order valence-electron chi connectivity index (χ2n) is 4.90. The summed E-state index contributed by atoms with van der Waals surface area (Å²) in [5, 5.41) is 4.22. The van der Waals surface area contributed by atoms with E-state index in [-0.39, 0.29) is 0 Å². The molecule has 94 valence electrons. The highest BCUT2D eigenvalue weighted by molar-refractivity contribution is 5.33. The predicted octanol–water partition coefficient (Wildman–Crippen LogP) is 1.41. The van der Waals surface area contributed by atoms with Crippen LogP contribution in [0.1, 0.15) is 12.0 Å². The molecule has 0 bridgehead atoms. The Balaban J connectivity index is 1.68. The minimum absolute atomic E-state index is 0.355. The van der Waals surface area contributed by atoms with E-state index in [9.17, 15) is 0 Å². The van der Waals surface area contributed by atoms with Gasteiger partial charge in [-0.15, -0.1) is 0 Å². The van der Waals surface area contributed by atoms with Crippen LogP contribution in [0.2, 0.25) is 0 Å². The largest absolute Gasteiger partial charge is 0.326 e. The number of hydrogen-bond donors (Lipinski definition) is 1. The average molecular weight is 242 g/mol. The van der Waals surface area contributed by atoms with Crippen molar-refractivity contribution in [1.29, 1.82) is 0 Å². The summed E-state index contributed by atoms with van der Waals surface area (Å²) in [4.78, 5) is 2.41. The maximum atomic E-state index is 5.91. The zero-order valence-electron chi connectivity index (χ0n) is 10.4. The van der Waals surface area contributed by atoms with Crippen molar-refractivity contribution in [3.63, 3.8) is 0 Å². The summed E-state index contributed by atoms with van der Waals surface area (Å²) in [6.07, 6.45) is 4.86. The highest BCUT2D eigenvalue weighted by Crippen LogP contribution is 2.14. The lowest BCUT2D eigenvalue weighted by Gasteiger charge is -2.15. The molecule has 1 aromatic carbocycles. The Labute approximate surface area is 107 Å². The summed E-state index contributed by atoms with van der Waals surface area (Å²) in [6, 6.07) is 10.8. The molecule has 1 unspecified atom stereocenters. The summed E-state index contributed by atoms with van der Waals surface area (Å²) < 4.78 is 1.87. The van der Waals surface area contributed by atoms with E-state index in [1.165, 1.54) is 5.56 Å². The van der Waals surface area contributed by atoms with Crippen molar-refractivity contribution in [3.05, 3.63) is 48.3 Å². The number of rotatable bonds is 3. The van der Waals surface area contributed by atoms with Crippen molar-refractivity contribution < 1.29 is 0 Å². The second kappa shape index (κ2) is 4.92. The van der Waals surface area contributed by atoms with Gasteiger partial charge in [-0.3, -0.25) is 4.90 Å². The molecule has 1 aliphatic rings. The molecular weight excluding hydrogens is 224 g/mol. The summed E-state index contributed by atoms with van der Waals surface area (Å²) in [6.45, 7) is 3.12. The Morgan fingerprint density at radius 1 is 1.28 bits per heavy atom. The summed E-state index contributed by atoms with van der Waals surface area (Å²) >= 11 is 0. The fourth-order valence-electron chi connectivity index (χ4n) is 2.44. The van der Waals surface area contributed by atoms with E-state index in [1.807, 2.05) is 16.9 Å². The summed E-state index contributed by atoms with van der Waals surface area (Å²) in [7, 11) is 0. The van der Waals surface area contributed by atoms with Gasteiger partial charge in [0.25, 0.3) is 0 Å². The standard InChI is InChI=1S/C14H18N4/c15-13-6-9-17(11-13)10-12-2-4-14(5-3-12)18-8-1-7-16-18/h1-5,7-8,13H,6,9-11,15H2. The maximum Gasteiger partial charge on any atom is 0.0645 e. The molecule has 1 saturated heterocycles. The third-order valence-electron chi connectivity index (χ3n) is 3.42. The summed E-state index contributed by atoms with van der Waals surface area (Å²) in [5.74, 6) is 0. The van der Waals surface area contributed by atoms with Gasteiger partial charge in [-0.05, 0) is 30.2 Å². The third-order valence-corrected chi connectivity index (χ3v) is 3.42. The first-order valence-corrected chi connectivity index (χ1v) is 6.38. The predicted molar refractivity (Wildman–Crippen MR) is 71.4 cm³/mol. The van der Waals surface area contributed by atoms with Crippen LogP contribution >= 0.6 is 0 Å². The van der Waals surface area contributed by atoms with Gasteiger partial charge in [0.05, 0.1) is 5.69 Å². The smallest absolute Gasteiger partial charge is 0.0645 e. The van der Waals surface area contributed by atoms with Crippen LogP contribution in [-0.4, -0.2) is 33.8 Å². The van der Waals surface area contributed by atoms with Crippen LogP contribution in [0.15, 0.2) is 42.7 Å². The highest BCUT2D eigenvalue weighted by atomic mass is 15.3. The second-order valence-corrected chi connectivity index (χ2v) is 4.90. The van der Waals surface area contributed by atoms with Crippen LogP contribution in [0.3, 0.4) is 0 Å². The van der Waals surface area contributed by atoms with Gasteiger partial charge >= 0.3 is 0 Å². The van der Waals surface area contributed by atoms with Crippen LogP contribution in [-0.2, 0) is 6.54 Å². The molecule has 2 heterocycles. The maximum absolute atomic E-state index is 5.91. The molecule has 1 fully saturated rings. The fourth-order valence-corrected chi connectivity index (χ4v) is 2.44. The third kappa shape index (κ3) is 2.44. The number of nitrogens with two attached hydrogens (primary N) is 1. The van der Waals surface area contributed by atoms with Crippen molar-refractivity contribution in [1.82, 2.24) is 14.7 Å². The van der Waals surface area contributed by atoms with Gasteiger partial charge in [-0.1, -0.05) is 12.1 Å². The molecule has 0 spiro atoms. The lowest BCUT2D eigenvalue weighted by atomic mass is 10.2. The molecule has 4 heteroatoms. The van der Waals surface area contributed by atoms with Crippen molar-refractivity contribution in [2.75, 3.05) is 13.1 Å². The van der Waals surface area contributed by atoms with Crippen molar-refractivity contribution in [3.8, 4) is 5.69 Å². The molecule has 18 heavy (non-hydrogen) atoms. The van der Waals surface area contributed by atoms with Crippen molar-refractivity contribution in [2.45, 2.75) is 19.0 Å². The lowest BCUT2D eigenvalue weighted by Crippen LogP contribution is -2.26. The molecular formula is C14H18N4. The van der Waals surface area contributed by atoms with E-state index in [1.54, 1.807) is 6.20 Å². The van der Waals surface area contributed by atoms with Gasteiger partial charge in [-0.2, -0.15) is 5.10 Å². The van der Waals surface area contributed by atoms with Gasteiger partial charge in [0.15, 0.2) is 0 Å². The van der Waals surface area contributed by atoms with Gasteiger partial charge in [-0.25, -0.2) is 4.68 Å². The quantitative estimate of drug-likeness (QED) is 0.885. The zero-order chi connectivity index (χ0) is 12.4. The molecule has 0 aliphatic carbocycles. The number of likely N-dealkylation sites (tertiary alicyclic amines) is 1. The average Bonchev–Trinajstić information content (AvgIpc) is 3.02. The Morgan fingerprint density at radius 3 is 2.72 bits per heavy atom. The number of aromatic nitrogens is 2. The molecule has 2 N–H and O–H groups in total. The number of benzene rings is 1. The molecule has 0 amide bonds. The molecule has 1 atom stereocenters. The molecule has 1 aromatic heterocycles. The highest BCUT2D eigenvalue weighted by Gasteiger charge is 2.18. The van der Waals surface area contributed by atoms with E-state index in [2.05, 4.69) is 34.3 Å². The lowest BCUT2D eigenvalue weighted by molar-refractivity contribution is 0.327. The molecule has 1 aliphatic heterocycles. The normalized spacial score (nSPS) is 20.4. The topological polar surface area (TPSA) is 47.1 Å². The number of hydrogen-bond acceptors (Lipinski definition) is 3. The first-order chi connectivity index (χ1) is 8.81. The zero-order valence-corrected chi connectivity index (χ0v) is 10.4. The SMILES string of the molecule is NC1CCN(Cc2ccc(-n3cccn3)cc2)C1. The van der Waals surface area contributed by atoms with E-state index >= 15 is 0 Å². The minimum atomic E-state index is 0.355. The van der Waals surface area contributed by atoms with Crippen LogP contribution in [0, 0.1) is 0 Å². The van der Waals surface area contributed by atoms with E-state index in [0.717, 1.165) is 31.7 Å². The number of nitrogens with zero attached hydrogens (tertiary/aromatic N) is 3. The molecule has 4 nitrogen and oxygen atoms in total.